The molecule has 0 aliphatic carbocycles. The van der Waals surface area contributed by atoms with Gasteiger partial charge in [0.2, 0.25) is 17.7 Å². The molecule has 0 radical (unpaired) electrons. The van der Waals surface area contributed by atoms with E-state index in [1.54, 1.807) is 19.1 Å². The molecule has 218 valence electrons. The van der Waals surface area contributed by atoms with Gasteiger partial charge in [-0.3, -0.25) is 14.4 Å². The smallest absolute Gasteiger partial charge is 0.326 e. The maximum Gasteiger partial charge on any atom is 0.326 e. The van der Waals surface area contributed by atoms with E-state index in [1.807, 2.05) is 43.5 Å². The Kier molecular flexibility index (Phi) is 13.5. The highest BCUT2D eigenvalue weighted by molar-refractivity contribution is 7.98. The average Bonchev–Trinajstić information content (AvgIpc) is 2.94. The normalized spacial score (nSPS) is 14.7. The Morgan fingerprint density at radius 3 is 2.02 bits per heavy atom. The van der Waals surface area contributed by atoms with Crippen LogP contribution < -0.4 is 21.7 Å². The summed E-state index contributed by atoms with van der Waals surface area (Å²) in [5.41, 5.74) is 7.62. The lowest BCUT2D eigenvalue weighted by atomic mass is 9.96. The lowest BCUT2D eigenvalue weighted by Gasteiger charge is -2.28. The molecule has 0 saturated heterocycles. The Labute approximate surface area is 239 Å². The molecule has 0 bridgehead atoms. The van der Waals surface area contributed by atoms with Crippen molar-refractivity contribution in [3.8, 4) is 5.75 Å². The summed E-state index contributed by atoms with van der Waals surface area (Å²) in [6, 6.07) is 11.3. The number of carbonyl (C=O) groups is 4. The quantitative estimate of drug-likeness (QED) is 0.177. The van der Waals surface area contributed by atoms with Crippen LogP contribution in [0.15, 0.2) is 54.6 Å². The van der Waals surface area contributed by atoms with Crippen LogP contribution in [0.1, 0.15) is 37.8 Å². The summed E-state index contributed by atoms with van der Waals surface area (Å²) in [4.78, 5) is 51.4. The van der Waals surface area contributed by atoms with E-state index in [0.29, 0.717) is 30.6 Å². The second kappa shape index (κ2) is 16.5. The number of hydrogen-bond acceptors (Lipinski definition) is 7. The molecule has 0 aliphatic rings. The number of aliphatic carboxylic acids is 1. The van der Waals surface area contributed by atoms with Gasteiger partial charge >= 0.3 is 5.97 Å². The Morgan fingerprint density at radius 1 is 0.850 bits per heavy atom. The Bertz CT molecular complexity index is 1120. The van der Waals surface area contributed by atoms with Crippen LogP contribution >= 0.6 is 11.8 Å². The van der Waals surface area contributed by atoms with Gasteiger partial charge in [0.15, 0.2) is 0 Å². The van der Waals surface area contributed by atoms with Crippen molar-refractivity contribution in [2.45, 2.75) is 63.7 Å². The lowest BCUT2D eigenvalue weighted by Crippen LogP contribution is -2.59. The van der Waals surface area contributed by atoms with Crippen molar-refractivity contribution in [1.29, 1.82) is 0 Å². The van der Waals surface area contributed by atoms with E-state index in [-0.39, 0.29) is 18.1 Å². The first-order valence-electron chi connectivity index (χ1n) is 13.3. The van der Waals surface area contributed by atoms with Gasteiger partial charge in [-0.25, -0.2) is 4.79 Å². The van der Waals surface area contributed by atoms with Gasteiger partial charge in [0.05, 0.1) is 6.04 Å². The molecular weight excluding hydrogens is 532 g/mol. The van der Waals surface area contributed by atoms with Crippen LogP contribution in [0.4, 0.5) is 0 Å². The highest BCUT2D eigenvalue weighted by Crippen LogP contribution is 2.14. The van der Waals surface area contributed by atoms with E-state index in [9.17, 15) is 29.4 Å². The van der Waals surface area contributed by atoms with Crippen molar-refractivity contribution < 1.29 is 29.4 Å². The number of aromatic hydroxyl groups is 1. The molecule has 5 unspecified atom stereocenters. The van der Waals surface area contributed by atoms with E-state index < -0.39 is 47.9 Å². The van der Waals surface area contributed by atoms with E-state index in [2.05, 4.69) is 16.0 Å². The molecule has 7 N–H and O–H groups in total. The molecule has 10 nitrogen and oxygen atoms in total. The number of phenols is 1. The maximum absolute atomic E-state index is 13.3. The number of carbonyl (C=O) groups excluding carboxylic acids is 3. The summed E-state index contributed by atoms with van der Waals surface area (Å²) in [7, 11) is 0. The number of phenolic OH excluding ortho intramolecular Hbond substituents is 1. The number of carboxylic acids is 1. The number of carboxylic acid groups (broad SMARTS) is 1. The van der Waals surface area contributed by atoms with Gasteiger partial charge < -0.3 is 31.9 Å². The van der Waals surface area contributed by atoms with Crippen molar-refractivity contribution >= 4 is 35.5 Å². The Balaban J connectivity index is 2.13. The SMILES string of the molecule is CCC(C)C(NC(=O)C(CCSC)NC(=O)C(N)Cc1ccccc1)C(=O)NC(Cc1ccc(O)cc1)C(=O)O. The monoisotopic (exact) mass is 572 g/mol. The van der Waals surface area contributed by atoms with Gasteiger partial charge in [0.1, 0.15) is 23.9 Å². The number of nitrogens with two attached hydrogens (primary N) is 1. The van der Waals surface area contributed by atoms with Crippen LogP contribution in [0.2, 0.25) is 0 Å². The summed E-state index contributed by atoms with van der Waals surface area (Å²) in [5, 5.41) is 27.2. The van der Waals surface area contributed by atoms with Crippen LogP contribution in [0.5, 0.6) is 5.75 Å². The molecule has 5 atom stereocenters. The molecule has 0 saturated carbocycles. The van der Waals surface area contributed by atoms with Crippen LogP contribution in [-0.4, -0.2) is 70.1 Å². The Morgan fingerprint density at radius 2 is 1.45 bits per heavy atom. The van der Waals surface area contributed by atoms with Crippen LogP contribution in [0.25, 0.3) is 0 Å². The summed E-state index contributed by atoms with van der Waals surface area (Å²) in [6.07, 6.45) is 3.04. The summed E-state index contributed by atoms with van der Waals surface area (Å²) >= 11 is 1.51. The largest absolute Gasteiger partial charge is 0.508 e. The highest BCUT2D eigenvalue weighted by Gasteiger charge is 2.32. The first-order chi connectivity index (χ1) is 19.0. The zero-order valence-electron chi connectivity index (χ0n) is 23.1. The molecule has 0 aliphatic heterocycles. The number of benzene rings is 2. The van der Waals surface area contributed by atoms with Crippen molar-refractivity contribution in [3.05, 3.63) is 65.7 Å². The fourth-order valence-corrected chi connectivity index (χ4v) is 4.50. The molecule has 0 fully saturated rings. The fourth-order valence-electron chi connectivity index (χ4n) is 4.03. The third kappa shape index (κ3) is 10.5. The third-order valence-electron chi connectivity index (χ3n) is 6.66. The van der Waals surface area contributed by atoms with Gasteiger partial charge in [-0.1, -0.05) is 62.7 Å². The highest BCUT2D eigenvalue weighted by atomic mass is 32.2. The lowest BCUT2D eigenvalue weighted by molar-refractivity contribution is -0.142. The Hall–Kier alpha value is -3.57. The zero-order valence-corrected chi connectivity index (χ0v) is 23.9. The summed E-state index contributed by atoms with van der Waals surface area (Å²) in [5.74, 6) is -2.57. The van der Waals surface area contributed by atoms with Gasteiger partial charge in [-0.15, -0.1) is 0 Å². The predicted molar refractivity (Wildman–Crippen MR) is 156 cm³/mol. The first-order valence-corrected chi connectivity index (χ1v) is 14.6. The minimum absolute atomic E-state index is 0.00572. The molecule has 40 heavy (non-hydrogen) atoms. The molecule has 0 spiro atoms. The van der Waals surface area contributed by atoms with Crippen molar-refractivity contribution in [2.24, 2.45) is 11.7 Å². The number of thioether (sulfide) groups is 1. The predicted octanol–water partition coefficient (Wildman–Crippen LogP) is 1.84. The third-order valence-corrected chi connectivity index (χ3v) is 7.31. The average molecular weight is 573 g/mol. The molecule has 2 aromatic rings. The first kappa shape index (κ1) is 32.6. The van der Waals surface area contributed by atoms with Gasteiger partial charge in [0.25, 0.3) is 0 Å². The minimum Gasteiger partial charge on any atom is -0.508 e. The van der Waals surface area contributed by atoms with Crippen molar-refractivity contribution in [2.75, 3.05) is 12.0 Å². The minimum atomic E-state index is -1.25. The summed E-state index contributed by atoms with van der Waals surface area (Å²) in [6.45, 7) is 3.64. The van der Waals surface area contributed by atoms with E-state index in [1.165, 1.54) is 23.9 Å². The molecule has 0 aromatic heterocycles. The second-order valence-corrected chi connectivity index (χ2v) is 10.8. The van der Waals surface area contributed by atoms with E-state index in [0.717, 1.165) is 5.56 Å². The van der Waals surface area contributed by atoms with Gasteiger partial charge in [0, 0.05) is 6.42 Å². The number of rotatable bonds is 16. The fraction of sp³-hybridized carbons (Fsp3) is 0.448. The topological polar surface area (TPSA) is 171 Å². The zero-order chi connectivity index (χ0) is 29.7. The van der Waals surface area contributed by atoms with E-state index in [4.69, 9.17) is 5.73 Å². The standard InChI is InChI=1S/C29H40N4O6S/c1-4-18(2)25(28(37)32-24(29(38)39)17-20-10-12-21(34)13-11-20)33-27(36)23(14-15-40-3)31-26(35)22(30)16-19-8-6-5-7-9-19/h5-13,18,22-25,34H,4,14-17,30H2,1-3H3,(H,31,35)(H,32,37)(H,33,36)(H,38,39). The van der Waals surface area contributed by atoms with E-state index >= 15 is 0 Å². The van der Waals surface area contributed by atoms with Crippen LogP contribution in [0.3, 0.4) is 0 Å². The number of amides is 3. The molecule has 3 amide bonds. The maximum atomic E-state index is 13.3. The number of hydrogen-bond donors (Lipinski definition) is 6. The van der Waals surface area contributed by atoms with Crippen molar-refractivity contribution in [3.63, 3.8) is 0 Å². The van der Waals surface area contributed by atoms with Gasteiger partial charge in [-0.2, -0.15) is 11.8 Å². The van der Waals surface area contributed by atoms with Gasteiger partial charge in [-0.05, 0) is 54.0 Å². The molecule has 2 aromatic carbocycles. The molecule has 11 heteroatoms. The van der Waals surface area contributed by atoms with Crippen molar-refractivity contribution in [1.82, 2.24) is 16.0 Å². The second-order valence-electron chi connectivity index (χ2n) is 9.78. The summed E-state index contributed by atoms with van der Waals surface area (Å²) < 4.78 is 0. The molecular formula is C29H40N4O6S. The van der Waals surface area contributed by atoms with Crippen LogP contribution in [0, 0.1) is 5.92 Å². The molecule has 2 rings (SSSR count). The number of nitrogens with one attached hydrogen (secondary N) is 3. The van der Waals surface area contributed by atoms with Crippen LogP contribution in [-0.2, 0) is 32.0 Å². The molecule has 0 heterocycles.